The number of ether oxygens (including phenoxy) is 1. The van der Waals surface area contributed by atoms with Gasteiger partial charge in [0, 0.05) is 5.56 Å². The number of esters is 1. The molecular weight excluding hydrogens is 224 g/mol. The molecule has 18 heavy (non-hydrogen) atoms. The van der Waals surface area contributed by atoms with Gasteiger partial charge in [-0.2, -0.15) is 0 Å². The van der Waals surface area contributed by atoms with E-state index in [-0.39, 0.29) is 5.97 Å². The van der Waals surface area contributed by atoms with Crippen LogP contribution in [0.4, 0.5) is 0 Å². The van der Waals surface area contributed by atoms with E-state index in [1.807, 2.05) is 36.4 Å². The summed E-state index contributed by atoms with van der Waals surface area (Å²) in [5.74, 6) is 5.48. The zero-order valence-corrected chi connectivity index (χ0v) is 10.9. The Morgan fingerprint density at radius 3 is 2.67 bits per heavy atom. The van der Waals surface area contributed by atoms with Crippen LogP contribution in [0, 0.1) is 11.8 Å². The summed E-state index contributed by atoms with van der Waals surface area (Å²) in [6.07, 6.45) is 4.85. The Kier molecular flexibility index (Phi) is 6.35. The van der Waals surface area contributed by atoms with E-state index in [0.717, 1.165) is 24.8 Å². The number of methoxy groups -OCH3 is 1. The molecule has 0 N–H and O–H groups in total. The van der Waals surface area contributed by atoms with Gasteiger partial charge in [0.1, 0.15) is 5.57 Å². The Hall–Kier alpha value is -2.01. The Morgan fingerprint density at radius 1 is 1.33 bits per heavy atom. The summed E-state index contributed by atoms with van der Waals surface area (Å²) in [5.41, 5.74) is 1.33. The van der Waals surface area contributed by atoms with Crippen LogP contribution in [-0.4, -0.2) is 13.1 Å². The van der Waals surface area contributed by atoms with Crippen LogP contribution < -0.4 is 0 Å². The monoisotopic (exact) mass is 242 g/mol. The lowest BCUT2D eigenvalue weighted by atomic mass is 10.1. The molecule has 0 unspecified atom stereocenters. The fourth-order valence-electron chi connectivity index (χ4n) is 1.41. The van der Waals surface area contributed by atoms with E-state index >= 15 is 0 Å². The molecule has 0 atom stereocenters. The van der Waals surface area contributed by atoms with Crippen LogP contribution in [0.3, 0.4) is 0 Å². The summed E-state index contributed by atoms with van der Waals surface area (Å²) < 4.78 is 4.72. The zero-order chi connectivity index (χ0) is 13.2. The maximum Gasteiger partial charge on any atom is 0.346 e. The van der Waals surface area contributed by atoms with Crippen LogP contribution in [0.1, 0.15) is 31.7 Å². The van der Waals surface area contributed by atoms with Crippen molar-refractivity contribution in [1.82, 2.24) is 0 Å². The van der Waals surface area contributed by atoms with Gasteiger partial charge >= 0.3 is 5.97 Å². The van der Waals surface area contributed by atoms with Crippen molar-refractivity contribution in [2.45, 2.75) is 26.2 Å². The molecule has 1 aromatic rings. The third-order valence-corrected chi connectivity index (χ3v) is 2.43. The molecule has 94 valence electrons. The summed E-state index contributed by atoms with van der Waals surface area (Å²) in [7, 11) is 1.38. The number of hydrogen-bond acceptors (Lipinski definition) is 2. The number of carbonyl (C=O) groups is 1. The molecule has 1 aromatic carbocycles. The molecule has 0 heterocycles. The minimum absolute atomic E-state index is 0.366. The van der Waals surface area contributed by atoms with Gasteiger partial charge in [-0.3, -0.25) is 0 Å². The van der Waals surface area contributed by atoms with Crippen molar-refractivity contribution in [3.05, 3.63) is 47.5 Å². The van der Waals surface area contributed by atoms with Crippen molar-refractivity contribution >= 4 is 5.97 Å². The first-order valence-electron chi connectivity index (χ1n) is 6.13. The first-order valence-corrected chi connectivity index (χ1v) is 6.13. The van der Waals surface area contributed by atoms with Crippen LogP contribution >= 0.6 is 0 Å². The molecule has 0 amide bonds. The molecule has 0 bridgehead atoms. The highest BCUT2D eigenvalue weighted by Gasteiger charge is 2.05. The summed E-state index contributed by atoms with van der Waals surface area (Å²) >= 11 is 0. The SMILES string of the molecule is CCCC/C=C(\C#Cc1ccccc1)C(=O)OC. The van der Waals surface area contributed by atoms with Crippen molar-refractivity contribution in [2.75, 3.05) is 7.11 Å². The normalized spacial score (nSPS) is 10.4. The van der Waals surface area contributed by atoms with Gasteiger partial charge in [0.15, 0.2) is 0 Å². The predicted molar refractivity (Wildman–Crippen MR) is 72.9 cm³/mol. The second-order valence-corrected chi connectivity index (χ2v) is 3.87. The number of benzene rings is 1. The van der Waals surface area contributed by atoms with Crippen molar-refractivity contribution in [3.63, 3.8) is 0 Å². The maximum absolute atomic E-state index is 11.5. The number of allylic oxidation sites excluding steroid dienone is 1. The lowest BCUT2D eigenvalue weighted by Gasteiger charge is -1.97. The van der Waals surface area contributed by atoms with Gasteiger partial charge in [-0.25, -0.2) is 4.79 Å². The molecule has 0 aliphatic carbocycles. The van der Waals surface area contributed by atoms with E-state index in [4.69, 9.17) is 4.74 Å². The lowest BCUT2D eigenvalue weighted by Crippen LogP contribution is -2.03. The number of rotatable bonds is 4. The van der Waals surface area contributed by atoms with Gasteiger partial charge in [-0.1, -0.05) is 55.9 Å². The van der Waals surface area contributed by atoms with Crippen LogP contribution in [0.2, 0.25) is 0 Å². The molecular formula is C16H18O2. The second-order valence-electron chi connectivity index (χ2n) is 3.87. The van der Waals surface area contributed by atoms with Gasteiger partial charge in [0.25, 0.3) is 0 Å². The predicted octanol–water partition coefficient (Wildman–Crippen LogP) is 3.33. The van der Waals surface area contributed by atoms with Gasteiger partial charge in [-0.15, -0.1) is 0 Å². The standard InChI is InChI=1S/C16H18O2/c1-3-4-6-11-15(16(17)18-2)13-12-14-9-7-5-8-10-14/h5,7-11H,3-4,6H2,1-2H3/b15-11+. The molecule has 1 rings (SSSR count). The lowest BCUT2D eigenvalue weighted by molar-refractivity contribution is -0.135. The van der Waals surface area contributed by atoms with Gasteiger partial charge in [0.2, 0.25) is 0 Å². The van der Waals surface area contributed by atoms with E-state index in [1.54, 1.807) is 0 Å². The second kappa shape index (κ2) is 8.14. The van der Waals surface area contributed by atoms with E-state index in [1.165, 1.54) is 7.11 Å². The quantitative estimate of drug-likeness (QED) is 0.350. The molecule has 2 heteroatoms. The van der Waals surface area contributed by atoms with E-state index < -0.39 is 0 Å². The summed E-state index contributed by atoms with van der Waals surface area (Å²) in [4.78, 5) is 11.5. The summed E-state index contributed by atoms with van der Waals surface area (Å²) in [6, 6.07) is 9.59. The molecule has 0 spiro atoms. The van der Waals surface area contributed by atoms with Crippen molar-refractivity contribution in [1.29, 1.82) is 0 Å². The van der Waals surface area contributed by atoms with Crippen LogP contribution in [0.5, 0.6) is 0 Å². The van der Waals surface area contributed by atoms with Gasteiger partial charge in [-0.05, 0) is 18.6 Å². The van der Waals surface area contributed by atoms with Gasteiger partial charge in [0.05, 0.1) is 7.11 Å². The fourth-order valence-corrected chi connectivity index (χ4v) is 1.41. The molecule has 2 nitrogen and oxygen atoms in total. The van der Waals surface area contributed by atoms with E-state index in [9.17, 15) is 4.79 Å². The van der Waals surface area contributed by atoms with E-state index in [2.05, 4.69) is 18.8 Å². The Bertz CT molecular complexity index is 461. The largest absolute Gasteiger partial charge is 0.465 e. The highest BCUT2D eigenvalue weighted by molar-refractivity contribution is 5.93. The number of hydrogen-bond donors (Lipinski definition) is 0. The van der Waals surface area contributed by atoms with Crippen LogP contribution in [0.15, 0.2) is 42.0 Å². The number of carbonyl (C=O) groups excluding carboxylic acids is 1. The molecule has 0 saturated heterocycles. The Labute approximate surface area is 109 Å². The minimum Gasteiger partial charge on any atom is -0.465 e. The van der Waals surface area contributed by atoms with Crippen LogP contribution in [0.25, 0.3) is 0 Å². The average Bonchev–Trinajstić information content (AvgIpc) is 2.43. The first kappa shape index (κ1) is 14.1. The smallest absolute Gasteiger partial charge is 0.346 e. The Morgan fingerprint density at radius 2 is 2.06 bits per heavy atom. The molecule has 0 radical (unpaired) electrons. The third kappa shape index (κ3) is 4.88. The Balaban J connectivity index is 2.82. The molecule has 0 aromatic heterocycles. The molecule has 0 saturated carbocycles. The maximum atomic E-state index is 11.5. The highest BCUT2D eigenvalue weighted by atomic mass is 16.5. The van der Waals surface area contributed by atoms with Crippen molar-refractivity contribution in [2.24, 2.45) is 0 Å². The van der Waals surface area contributed by atoms with E-state index in [0.29, 0.717) is 5.57 Å². The first-order chi connectivity index (χ1) is 8.77. The molecule has 0 fully saturated rings. The topological polar surface area (TPSA) is 26.3 Å². The van der Waals surface area contributed by atoms with Crippen molar-refractivity contribution < 1.29 is 9.53 Å². The molecule has 0 aliphatic heterocycles. The number of unbranched alkanes of at least 4 members (excludes halogenated alkanes) is 2. The van der Waals surface area contributed by atoms with Crippen LogP contribution in [-0.2, 0) is 9.53 Å². The minimum atomic E-state index is -0.366. The van der Waals surface area contributed by atoms with Gasteiger partial charge < -0.3 is 4.74 Å². The third-order valence-electron chi connectivity index (χ3n) is 2.43. The fraction of sp³-hybridized carbons (Fsp3) is 0.312. The zero-order valence-electron chi connectivity index (χ0n) is 10.9. The average molecular weight is 242 g/mol. The molecule has 0 aliphatic rings. The summed E-state index contributed by atoms with van der Waals surface area (Å²) in [6.45, 7) is 2.11. The summed E-state index contributed by atoms with van der Waals surface area (Å²) in [5, 5.41) is 0. The highest BCUT2D eigenvalue weighted by Crippen LogP contribution is 2.04. The van der Waals surface area contributed by atoms with Crippen molar-refractivity contribution in [3.8, 4) is 11.8 Å².